The van der Waals surface area contributed by atoms with Crippen molar-refractivity contribution in [3.63, 3.8) is 0 Å². The van der Waals surface area contributed by atoms with Crippen LogP contribution in [0.1, 0.15) is 26.3 Å². The first-order chi connectivity index (χ1) is 11.5. The van der Waals surface area contributed by atoms with Gasteiger partial charge in [0, 0.05) is 45.6 Å². The Labute approximate surface area is 144 Å². The Morgan fingerprint density at radius 1 is 1.42 bits per heavy atom. The third kappa shape index (κ3) is 4.94. The van der Waals surface area contributed by atoms with E-state index in [-0.39, 0.29) is 5.75 Å². The first-order valence-electron chi connectivity index (χ1n) is 8.37. The number of nitrogens with zero attached hydrogens (tertiary/aromatic N) is 4. The van der Waals surface area contributed by atoms with Gasteiger partial charge in [-0.2, -0.15) is 0 Å². The van der Waals surface area contributed by atoms with Gasteiger partial charge < -0.3 is 14.8 Å². The van der Waals surface area contributed by atoms with Crippen LogP contribution < -0.4 is 10.0 Å². The Kier molecular flexibility index (Phi) is 6.61. The van der Waals surface area contributed by atoms with Gasteiger partial charge in [-0.25, -0.2) is 18.1 Å². The van der Waals surface area contributed by atoms with Crippen molar-refractivity contribution in [2.75, 3.05) is 39.0 Å². The normalized spacial score (nSPS) is 22.6. The molecule has 1 aromatic heterocycles. The molecule has 0 amide bonds. The SMILES string of the molecule is CCS(=O)(=O)NCCNC(=NC)N1CCC(C)C(n2ccnc2)C1. The molecule has 0 bridgehead atoms. The van der Waals surface area contributed by atoms with Gasteiger partial charge in [-0.3, -0.25) is 4.99 Å². The van der Waals surface area contributed by atoms with Crippen molar-refractivity contribution in [1.82, 2.24) is 24.5 Å². The number of aromatic nitrogens is 2. The molecule has 1 aliphatic heterocycles. The second-order valence-corrected chi connectivity index (χ2v) is 8.16. The van der Waals surface area contributed by atoms with Crippen LogP contribution in [0.15, 0.2) is 23.7 Å². The van der Waals surface area contributed by atoms with Gasteiger partial charge >= 0.3 is 0 Å². The quantitative estimate of drug-likeness (QED) is 0.434. The highest BCUT2D eigenvalue weighted by molar-refractivity contribution is 7.89. The Morgan fingerprint density at radius 2 is 2.21 bits per heavy atom. The van der Waals surface area contributed by atoms with Crippen LogP contribution in [0, 0.1) is 5.92 Å². The van der Waals surface area contributed by atoms with E-state index in [9.17, 15) is 8.42 Å². The molecule has 1 fully saturated rings. The predicted molar refractivity (Wildman–Crippen MR) is 95.4 cm³/mol. The summed E-state index contributed by atoms with van der Waals surface area (Å²) in [5, 5.41) is 3.24. The van der Waals surface area contributed by atoms with Crippen molar-refractivity contribution in [3.05, 3.63) is 18.7 Å². The lowest BCUT2D eigenvalue weighted by atomic mass is 9.93. The summed E-state index contributed by atoms with van der Waals surface area (Å²) in [4.78, 5) is 10.7. The highest BCUT2D eigenvalue weighted by Crippen LogP contribution is 2.27. The summed E-state index contributed by atoms with van der Waals surface area (Å²) in [7, 11) is -1.40. The fraction of sp³-hybridized carbons (Fsp3) is 0.733. The number of aliphatic imine (C=N–C) groups is 1. The monoisotopic (exact) mass is 356 g/mol. The second-order valence-electron chi connectivity index (χ2n) is 6.06. The lowest BCUT2D eigenvalue weighted by Gasteiger charge is -2.39. The number of likely N-dealkylation sites (tertiary alicyclic amines) is 1. The molecule has 0 radical (unpaired) electrons. The Bertz CT molecular complexity index is 628. The van der Waals surface area contributed by atoms with Crippen LogP contribution >= 0.6 is 0 Å². The maximum atomic E-state index is 11.4. The van der Waals surface area contributed by atoms with Crippen molar-refractivity contribution < 1.29 is 8.42 Å². The standard InChI is InChI=1S/C15H28N6O2S/c1-4-24(22,23)19-7-6-18-15(16-3)20-9-5-13(2)14(11-20)21-10-8-17-12-21/h8,10,12-14,19H,4-7,9,11H2,1-3H3,(H,16,18). The zero-order valence-corrected chi connectivity index (χ0v) is 15.5. The molecule has 2 N–H and O–H groups in total. The lowest BCUT2D eigenvalue weighted by Crippen LogP contribution is -2.50. The summed E-state index contributed by atoms with van der Waals surface area (Å²) in [6.45, 7) is 6.54. The molecule has 2 rings (SSSR count). The van der Waals surface area contributed by atoms with Crippen LogP contribution in [-0.2, 0) is 10.0 Å². The summed E-state index contributed by atoms with van der Waals surface area (Å²) >= 11 is 0. The minimum Gasteiger partial charge on any atom is -0.355 e. The number of piperidine rings is 1. The van der Waals surface area contributed by atoms with Crippen molar-refractivity contribution in [2.45, 2.75) is 26.3 Å². The van der Waals surface area contributed by atoms with E-state index in [0.29, 0.717) is 25.0 Å². The molecule has 0 aromatic carbocycles. The largest absolute Gasteiger partial charge is 0.355 e. The average molecular weight is 356 g/mol. The molecule has 2 atom stereocenters. The average Bonchev–Trinajstić information content (AvgIpc) is 3.10. The molecule has 136 valence electrons. The minimum atomic E-state index is -3.15. The molecule has 0 saturated carbocycles. The van der Waals surface area contributed by atoms with E-state index >= 15 is 0 Å². The van der Waals surface area contributed by atoms with Crippen LogP contribution in [0.2, 0.25) is 0 Å². The number of rotatable bonds is 6. The number of guanidine groups is 1. The zero-order valence-electron chi connectivity index (χ0n) is 14.6. The summed E-state index contributed by atoms with van der Waals surface area (Å²) in [6, 6.07) is 0.360. The number of imidazole rings is 1. The predicted octanol–water partition coefficient (Wildman–Crippen LogP) is 0.281. The Balaban J connectivity index is 1.89. The van der Waals surface area contributed by atoms with E-state index in [2.05, 4.69) is 36.4 Å². The van der Waals surface area contributed by atoms with Gasteiger partial charge in [-0.05, 0) is 19.3 Å². The molecule has 1 aromatic rings. The van der Waals surface area contributed by atoms with Gasteiger partial charge in [-0.1, -0.05) is 6.92 Å². The first-order valence-corrected chi connectivity index (χ1v) is 10.0. The molecule has 1 aliphatic rings. The van der Waals surface area contributed by atoms with Gasteiger partial charge in [0.15, 0.2) is 5.96 Å². The van der Waals surface area contributed by atoms with Crippen molar-refractivity contribution in [1.29, 1.82) is 0 Å². The summed E-state index contributed by atoms with van der Waals surface area (Å²) in [5.74, 6) is 1.48. The molecule has 24 heavy (non-hydrogen) atoms. The summed E-state index contributed by atoms with van der Waals surface area (Å²) in [5.41, 5.74) is 0. The van der Waals surface area contributed by atoms with Crippen LogP contribution in [0.5, 0.6) is 0 Å². The van der Waals surface area contributed by atoms with Gasteiger partial charge in [0.2, 0.25) is 10.0 Å². The third-order valence-electron chi connectivity index (χ3n) is 4.45. The van der Waals surface area contributed by atoms with E-state index < -0.39 is 10.0 Å². The fourth-order valence-corrected chi connectivity index (χ4v) is 3.53. The highest BCUT2D eigenvalue weighted by atomic mass is 32.2. The van der Waals surface area contributed by atoms with Crippen LogP contribution in [-0.4, -0.2) is 67.8 Å². The topological polar surface area (TPSA) is 91.6 Å². The maximum absolute atomic E-state index is 11.4. The van der Waals surface area contributed by atoms with Gasteiger partial charge in [0.1, 0.15) is 0 Å². The van der Waals surface area contributed by atoms with Crippen molar-refractivity contribution in [3.8, 4) is 0 Å². The van der Waals surface area contributed by atoms with E-state index in [1.165, 1.54) is 0 Å². The molecular formula is C15H28N6O2S. The van der Waals surface area contributed by atoms with E-state index in [4.69, 9.17) is 0 Å². The summed E-state index contributed by atoms with van der Waals surface area (Å²) < 4.78 is 27.6. The fourth-order valence-electron chi connectivity index (χ4n) is 2.91. The zero-order chi connectivity index (χ0) is 17.6. The minimum absolute atomic E-state index is 0.0956. The van der Waals surface area contributed by atoms with Crippen LogP contribution in [0.4, 0.5) is 0 Å². The molecule has 2 unspecified atom stereocenters. The first kappa shape index (κ1) is 18.7. The van der Waals surface area contributed by atoms with E-state index in [1.54, 1.807) is 20.2 Å². The van der Waals surface area contributed by atoms with E-state index in [0.717, 1.165) is 25.5 Å². The van der Waals surface area contributed by atoms with Crippen LogP contribution in [0.25, 0.3) is 0 Å². The van der Waals surface area contributed by atoms with Gasteiger partial charge in [-0.15, -0.1) is 0 Å². The molecule has 9 heteroatoms. The molecule has 0 aliphatic carbocycles. The highest BCUT2D eigenvalue weighted by Gasteiger charge is 2.28. The second kappa shape index (κ2) is 8.48. The van der Waals surface area contributed by atoms with Crippen molar-refractivity contribution >= 4 is 16.0 Å². The lowest BCUT2D eigenvalue weighted by molar-refractivity contribution is 0.189. The number of nitrogens with one attached hydrogen (secondary N) is 2. The van der Waals surface area contributed by atoms with Crippen LogP contribution in [0.3, 0.4) is 0 Å². The summed E-state index contributed by atoms with van der Waals surface area (Å²) in [6.07, 6.45) is 6.74. The van der Waals surface area contributed by atoms with E-state index in [1.807, 2.05) is 12.5 Å². The molecule has 1 saturated heterocycles. The Hall–Kier alpha value is -1.61. The van der Waals surface area contributed by atoms with Gasteiger partial charge in [0.25, 0.3) is 0 Å². The van der Waals surface area contributed by atoms with Gasteiger partial charge in [0.05, 0.1) is 18.1 Å². The molecule has 8 nitrogen and oxygen atoms in total. The Morgan fingerprint density at radius 3 is 2.83 bits per heavy atom. The third-order valence-corrected chi connectivity index (χ3v) is 5.85. The maximum Gasteiger partial charge on any atom is 0.211 e. The molecule has 2 heterocycles. The molecular weight excluding hydrogens is 328 g/mol. The molecule has 0 spiro atoms. The van der Waals surface area contributed by atoms with Crippen molar-refractivity contribution in [2.24, 2.45) is 10.9 Å². The number of hydrogen-bond acceptors (Lipinski definition) is 4. The smallest absolute Gasteiger partial charge is 0.211 e. The number of hydrogen-bond donors (Lipinski definition) is 2. The number of sulfonamides is 1.